The maximum absolute atomic E-state index is 11.3. The van der Waals surface area contributed by atoms with Gasteiger partial charge in [0.05, 0.1) is 31.3 Å². The van der Waals surface area contributed by atoms with E-state index in [4.69, 9.17) is 41.4 Å². The Hall–Kier alpha value is -0.720. The smallest absolute Gasteiger partial charge is 0.322 e. The Morgan fingerprint density at radius 3 is 1.46 bits per heavy atom. The number of carbonyl (C=O) groups excluding carboxylic acids is 3. The van der Waals surface area contributed by atoms with Crippen molar-refractivity contribution >= 4 is 112 Å². The molecule has 0 heterocycles. The van der Waals surface area contributed by atoms with Crippen molar-refractivity contribution in [2.75, 3.05) is 51.1 Å². The predicted molar refractivity (Wildman–Crippen MR) is 167 cm³/mol. The van der Waals surface area contributed by atoms with Gasteiger partial charge in [0.15, 0.2) is 0 Å². The van der Waals surface area contributed by atoms with Crippen LogP contribution in [0.3, 0.4) is 0 Å². The fourth-order valence-electron chi connectivity index (χ4n) is 1.37. The highest BCUT2D eigenvalue weighted by Gasteiger charge is 2.25. The monoisotopic (exact) mass is 762 g/mol. The molecule has 2 N–H and O–H groups in total. The van der Waals surface area contributed by atoms with Crippen molar-refractivity contribution in [1.82, 2.24) is 0 Å². The molecule has 0 rings (SSSR count). The third kappa shape index (κ3) is 31.7. The second kappa shape index (κ2) is 25.0. The molecule has 0 atom stereocenters. The number of esters is 3. The van der Waals surface area contributed by atoms with Crippen LogP contribution in [0.15, 0.2) is 0 Å². The van der Waals surface area contributed by atoms with E-state index in [1.165, 1.54) is 0 Å². The first-order valence-corrected chi connectivity index (χ1v) is 15.6. The fourth-order valence-corrected chi connectivity index (χ4v) is 3.15. The molecule has 0 amide bonds. The number of thiocarbonyl (C=S) groups is 2. The van der Waals surface area contributed by atoms with Gasteiger partial charge in [0.1, 0.15) is 28.5 Å². The summed E-state index contributed by atoms with van der Waals surface area (Å²) in [5.41, 5.74) is 0. The quantitative estimate of drug-likeness (QED) is 0.0908. The van der Waals surface area contributed by atoms with Gasteiger partial charge in [-0.05, 0) is 66.0 Å². The molecule has 0 spiro atoms. The van der Waals surface area contributed by atoms with Crippen LogP contribution in [-0.4, -0.2) is 103 Å². The third-order valence-electron chi connectivity index (χ3n) is 3.02. The van der Waals surface area contributed by atoms with E-state index >= 15 is 0 Å². The second-order valence-electron chi connectivity index (χ2n) is 7.50. The van der Waals surface area contributed by atoms with Crippen LogP contribution in [0.25, 0.3) is 0 Å². The molecular weight excluding hydrogens is 728 g/mol. The topological polar surface area (TPSA) is 155 Å². The van der Waals surface area contributed by atoms with E-state index in [1.54, 1.807) is 34.6 Å². The molecular formula is C22H36Br2O11S4. The van der Waals surface area contributed by atoms with Crippen molar-refractivity contribution in [2.24, 2.45) is 0 Å². The third-order valence-corrected chi connectivity index (χ3v) is 6.09. The molecule has 0 aromatic carbocycles. The van der Waals surface area contributed by atoms with E-state index in [-0.39, 0.29) is 43.9 Å². The van der Waals surface area contributed by atoms with Crippen LogP contribution >= 0.6 is 79.8 Å². The van der Waals surface area contributed by atoms with Gasteiger partial charge in [0.25, 0.3) is 0 Å². The molecule has 0 aliphatic carbocycles. The summed E-state index contributed by atoms with van der Waals surface area (Å²) in [6.07, 6.45) is 0. The SMILES string of the molecule is CC(C)(Br)C(=O)OCCO.CCOC(=S)SCC(=O)O.CCOC(=S)SCC(=O)OCCOC(=O)C(C)(C)Br. The number of aliphatic carboxylic acids is 1. The summed E-state index contributed by atoms with van der Waals surface area (Å²) < 4.78 is 23.4. The van der Waals surface area contributed by atoms with Crippen LogP contribution in [0.1, 0.15) is 41.5 Å². The number of carboxylic acid groups (broad SMARTS) is 1. The molecule has 0 aliphatic rings. The maximum Gasteiger partial charge on any atom is 0.322 e. The average Bonchev–Trinajstić information content (AvgIpc) is 2.82. The van der Waals surface area contributed by atoms with E-state index in [0.29, 0.717) is 22.0 Å². The van der Waals surface area contributed by atoms with Crippen LogP contribution in [0.2, 0.25) is 0 Å². The molecule has 39 heavy (non-hydrogen) atoms. The standard InChI is InChI=1S/C11H17BrO5S2.C6H11BrO3.C5H8O3S2/c1-4-15-10(18)19-7-8(13)16-5-6-17-9(14)11(2,3)12;1-6(2,7)5(9)10-4-3-8;1-2-8-5(9)10-3-4(6)7/h4-7H2,1-3H3;8H,3-4H2,1-2H3;2-3H2,1H3,(H,6,7). The minimum Gasteiger partial charge on any atom is -0.481 e. The van der Waals surface area contributed by atoms with Gasteiger partial charge >= 0.3 is 23.9 Å². The van der Waals surface area contributed by atoms with Crippen molar-refractivity contribution in [3.63, 3.8) is 0 Å². The number of carbonyl (C=O) groups is 4. The Morgan fingerprint density at radius 2 is 1.10 bits per heavy atom. The molecule has 0 aromatic heterocycles. The van der Waals surface area contributed by atoms with E-state index in [1.807, 2.05) is 6.92 Å². The van der Waals surface area contributed by atoms with Gasteiger partial charge in [-0.15, -0.1) is 0 Å². The summed E-state index contributed by atoms with van der Waals surface area (Å²) in [4.78, 5) is 43.4. The maximum atomic E-state index is 11.3. The number of alkyl halides is 2. The Kier molecular flexibility index (Phi) is 27.4. The Morgan fingerprint density at radius 1 is 0.718 bits per heavy atom. The molecule has 0 aromatic rings. The number of aliphatic hydroxyl groups excluding tert-OH is 1. The summed E-state index contributed by atoms with van der Waals surface area (Å²) in [6.45, 7) is 11.3. The summed E-state index contributed by atoms with van der Waals surface area (Å²) in [6, 6.07) is 0. The largest absolute Gasteiger partial charge is 0.481 e. The Bertz CT molecular complexity index is 770. The van der Waals surface area contributed by atoms with Crippen molar-refractivity contribution in [3.8, 4) is 0 Å². The highest BCUT2D eigenvalue weighted by atomic mass is 79.9. The van der Waals surface area contributed by atoms with E-state index in [2.05, 4.69) is 48.8 Å². The fraction of sp³-hybridized carbons (Fsp3) is 0.727. The summed E-state index contributed by atoms with van der Waals surface area (Å²) in [7, 11) is 0. The average molecular weight is 765 g/mol. The molecule has 228 valence electrons. The minimum atomic E-state index is -0.882. The number of rotatable bonds is 13. The van der Waals surface area contributed by atoms with Gasteiger partial charge < -0.3 is 33.9 Å². The predicted octanol–water partition coefficient (Wildman–Crippen LogP) is 4.12. The summed E-state index contributed by atoms with van der Waals surface area (Å²) in [5.74, 6) is -2.03. The van der Waals surface area contributed by atoms with Gasteiger partial charge in [-0.2, -0.15) is 0 Å². The molecule has 17 heteroatoms. The highest BCUT2D eigenvalue weighted by Crippen LogP contribution is 2.17. The van der Waals surface area contributed by atoms with Crippen LogP contribution in [0.4, 0.5) is 0 Å². The Labute approximate surface area is 265 Å². The normalized spacial score (nSPS) is 10.4. The van der Waals surface area contributed by atoms with Crippen molar-refractivity contribution in [2.45, 2.75) is 50.2 Å². The number of aliphatic hydroxyl groups is 1. The number of thioether (sulfide) groups is 2. The zero-order chi connectivity index (χ0) is 31.1. The van der Waals surface area contributed by atoms with Crippen molar-refractivity contribution in [1.29, 1.82) is 0 Å². The van der Waals surface area contributed by atoms with Crippen molar-refractivity contribution < 1.29 is 53.1 Å². The van der Waals surface area contributed by atoms with Gasteiger partial charge in [0.2, 0.25) is 8.77 Å². The summed E-state index contributed by atoms with van der Waals surface area (Å²) >= 11 is 17.9. The lowest BCUT2D eigenvalue weighted by molar-refractivity contribution is -0.151. The molecule has 0 aliphatic heterocycles. The van der Waals surface area contributed by atoms with Gasteiger partial charge in [0, 0.05) is 0 Å². The van der Waals surface area contributed by atoms with E-state index in [9.17, 15) is 19.2 Å². The number of hydrogen-bond acceptors (Lipinski definition) is 14. The molecule has 0 fully saturated rings. The second-order valence-corrected chi connectivity index (χ2v) is 14.6. The van der Waals surface area contributed by atoms with Crippen LogP contribution < -0.4 is 0 Å². The van der Waals surface area contributed by atoms with E-state index in [0.717, 1.165) is 23.5 Å². The van der Waals surface area contributed by atoms with Gasteiger partial charge in [-0.25, -0.2) is 0 Å². The summed E-state index contributed by atoms with van der Waals surface area (Å²) in [5, 5.41) is 16.5. The van der Waals surface area contributed by atoms with E-state index < -0.39 is 26.6 Å². The van der Waals surface area contributed by atoms with Crippen molar-refractivity contribution in [3.05, 3.63) is 0 Å². The number of hydrogen-bond donors (Lipinski definition) is 2. The molecule has 0 saturated carbocycles. The number of carboxylic acids is 1. The zero-order valence-electron chi connectivity index (χ0n) is 22.6. The zero-order valence-corrected chi connectivity index (χ0v) is 29.1. The highest BCUT2D eigenvalue weighted by molar-refractivity contribution is 9.10. The number of ether oxygens (including phenoxy) is 5. The molecule has 0 radical (unpaired) electrons. The lowest BCUT2D eigenvalue weighted by atomic mass is 10.2. The first-order chi connectivity index (χ1) is 17.9. The van der Waals surface area contributed by atoms with Crippen LogP contribution in [0.5, 0.6) is 0 Å². The van der Waals surface area contributed by atoms with Gasteiger partial charge in [-0.1, -0.05) is 55.4 Å². The number of halogens is 2. The molecule has 0 unspecified atom stereocenters. The lowest BCUT2D eigenvalue weighted by Crippen LogP contribution is -2.28. The molecule has 0 saturated heterocycles. The Balaban J connectivity index is -0.000000547. The first kappa shape index (κ1) is 42.7. The van der Waals surface area contributed by atoms with Gasteiger partial charge in [-0.3, -0.25) is 19.2 Å². The molecule has 0 bridgehead atoms. The van der Waals surface area contributed by atoms with Crippen LogP contribution in [0, 0.1) is 0 Å². The van der Waals surface area contributed by atoms with Crippen LogP contribution in [-0.2, 0) is 42.9 Å². The minimum absolute atomic E-state index is 0.0234. The molecule has 11 nitrogen and oxygen atoms in total. The lowest BCUT2D eigenvalue weighted by Gasteiger charge is -2.14. The first-order valence-electron chi connectivity index (χ1n) is 11.2.